The van der Waals surface area contributed by atoms with Gasteiger partial charge in [0, 0.05) is 44.5 Å². The van der Waals surface area contributed by atoms with E-state index in [9.17, 15) is 4.79 Å². The monoisotopic (exact) mass is 470 g/mol. The predicted molar refractivity (Wildman–Crippen MR) is 133 cm³/mol. The van der Waals surface area contributed by atoms with Crippen molar-refractivity contribution in [2.75, 3.05) is 44.0 Å². The number of amides is 1. The quantitative estimate of drug-likeness (QED) is 0.330. The topological polar surface area (TPSA) is 76.6 Å². The molecule has 0 aliphatic rings. The molecule has 0 fully saturated rings. The van der Waals surface area contributed by atoms with E-state index in [-0.39, 0.29) is 11.6 Å². The first-order chi connectivity index (χ1) is 15.4. The molecule has 0 aliphatic heterocycles. The van der Waals surface area contributed by atoms with Crippen LogP contribution in [0.4, 0.5) is 11.5 Å². The van der Waals surface area contributed by atoms with Crippen molar-refractivity contribution in [1.29, 1.82) is 0 Å². The highest BCUT2D eigenvalue weighted by atomic mass is 32.2. The van der Waals surface area contributed by atoms with Crippen LogP contribution in [-0.2, 0) is 9.05 Å². The lowest BCUT2D eigenvalue weighted by Gasteiger charge is -2.16. The Kier molecular flexibility index (Phi) is 8.59. The van der Waals surface area contributed by atoms with Crippen molar-refractivity contribution in [3.05, 3.63) is 66.0 Å². The molecule has 168 valence electrons. The van der Waals surface area contributed by atoms with Crippen LogP contribution in [0.5, 0.6) is 0 Å². The van der Waals surface area contributed by atoms with Gasteiger partial charge in [0.25, 0.3) is 5.91 Å². The third-order valence-corrected chi connectivity index (χ3v) is 7.37. The van der Waals surface area contributed by atoms with Crippen LogP contribution in [0.25, 0.3) is 11.3 Å². The van der Waals surface area contributed by atoms with Crippen LogP contribution in [-0.4, -0.2) is 49.7 Å². The highest BCUT2D eigenvalue weighted by Crippen LogP contribution is 2.42. The molecular weight excluding hydrogens is 443 g/mol. The van der Waals surface area contributed by atoms with Crippen LogP contribution < -0.4 is 10.2 Å². The number of benzene rings is 2. The van der Waals surface area contributed by atoms with E-state index in [4.69, 9.17) is 9.05 Å². The molecule has 9 heteroatoms. The summed E-state index contributed by atoms with van der Waals surface area (Å²) in [7, 11) is 6.08. The van der Waals surface area contributed by atoms with Gasteiger partial charge in [-0.3, -0.25) is 4.79 Å². The second kappa shape index (κ2) is 11.4. The van der Waals surface area contributed by atoms with Gasteiger partial charge in [0.15, 0.2) is 19.9 Å². The third kappa shape index (κ3) is 6.26. The maximum absolute atomic E-state index is 13.1. The number of thioether (sulfide) groups is 1. The molecule has 0 saturated heterocycles. The van der Waals surface area contributed by atoms with Gasteiger partial charge in [-0.05, 0) is 31.2 Å². The first-order valence-electron chi connectivity index (χ1n) is 9.92. The van der Waals surface area contributed by atoms with Crippen molar-refractivity contribution in [1.82, 2.24) is 9.97 Å². The number of hydrogen-bond acceptors (Lipinski definition) is 7. The van der Waals surface area contributed by atoms with E-state index in [1.165, 1.54) is 0 Å². The molecule has 0 atom stereocenters. The minimum Gasteiger partial charge on any atom is -0.361 e. The number of anilines is 2. The summed E-state index contributed by atoms with van der Waals surface area (Å²) >= 11 is 1.65. The van der Waals surface area contributed by atoms with Crippen LogP contribution in [0.1, 0.15) is 16.1 Å². The van der Waals surface area contributed by atoms with Gasteiger partial charge < -0.3 is 19.3 Å². The zero-order valence-corrected chi connectivity index (χ0v) is 20.5. The van der Waals surface area contributed by atoms with Gasteiger partial charge in [0.2, 0.25) is 0 Å². The Bertz CT molecular complexity index is 1040. The third-order valence-electron chi connectivity index (χ3n) is 4.60. The average molecular weight is 471 g/mol. The van der Waals surface area contributed by atoms with Crippen LogP contribution in [0, 0.1) is 6.92 Å². The number of rotatable bonds is 9. The summed E-state index contributed by atoms with van der Waals surface area (Å²) in [5.74, 6) is 0.205. The minimum atomic E-state index is -0.893. The van der Waals surface area contributed by atoms with E-state index >= 15 is 0 Å². The number of aromatic nitrogens is 2. The molecular formula is C23H27N4O3PS. The predicted octanol–water partition coefficient (Wildman–Crippen LogP) is 5.42. The highest BCUT2D eigenvalue weighted by Gasteiger charge is 2.18. The summed E-state index contributed by atoms with van der Waals surface area (Å²) in [5.41, 5.74) is 4.43. The van der Waals surface area contributed by atoms with E-state index in [0.29, 0.717) is 17.2 Å². The number of aryl methyl sites for hydroxylation is 1. The molecule has 3 rings (SSSR count). The summed E-state index contributed by atoms with van der Waals surface area (Å²) in [4.78, 5) is 25.0. The van der Waals surface area contributed by atoms with E-state index in [2.05, 4.69) is 15.3 Å². The second-order valence-corrected chi connectivity index (χ2v) is 10.3. The zero-order valence-electron chi connectivity index (χ0n) is 18.8. The number of carbonyl (C=O) groups excluding carboxylic acids is 1. The summed E-state index contributed by atoms with van der Waals surface area (Å²) in [5, 5.41) is 2.93. The Morgan fingerprint density at radius 1 is 1.06 bits per heavy atom. The lowest BCUT2D eigenvalue weighted by Crippen LogP contribution is -2.21. The SMILES string of the molecule is COP(CSc1ccc(NC(=O)c2nc(-c3ccc(C)cc3)cnc2N(C)C)cc1)OC. The summed E-state index contributed by atoms with van der Waals surface area (Å²) in [6, 6.07) is 15.6. The van der Waals surface area contributed by atoms with Crippen molar-refractivity contribution in [2.24, 2.45) is 0 Å². The van der Waals surface area contributed by atoms with Crippen LogP contribution in [0.3, 0.4) is 0 Å². The molecule has 1 heterocycles. The summed E-state index contributed by atoms with van der Waals surface area (Å²) in [6.07, 6.45) is 1.69. The number of hydrogen-bond donors (Lipinski definition) is 1. The maximum atomic E-state index is 13.1. The maximum Gasteiger partial charge on any atom is 0.278 e. The zero-order chi connectivity index (χ0) is 23.1. The molecule has 0 aliphatic carbocycles. The Balaban J connectivity index is 1.77. The van der Waals surface area contributed by atoms with Gasteiger partial charge in [-0.25, -0.2) is 9.97 Å². The standard InChI is InChI=1S/C23H27N4O3PS/c1-16-6-8-17(9-7-16)20-14-24-22(27(2)3)21(26-20)23(28)25-18-10-12-19(13-11-18)32-15-31(29-4)30-5/h6-14H,15H2,1-5H3,(H,25,28). The van der Waals surface area contributed by atoms with Crippen molar-refractivity contribution in [3.63, 3.8) is 0 Å². The molecule has 0 bridgehead atoms. The lowest BCUT2D eigenvalue weighted by atomic mass is 10.1. The van der Waals surface area contributed by atoms with Gasteiger partial charge in [-0.1, -0.05) is 29.8 Å². The van der Waals surface area contributed by atoms with E-state index in [0.717, 1.165) is 21.5 Å². The number of nitrogens with one attached hydrogen (secondary N) is 1. The number of nitrogens with zero attached hydrogens (tertiary/aromatic N) is 3. The van der Waals surface area contributed by atoms with Gasteiger partial charge in [0.1, 0.15) is 0 Å². The average Bonchev–Trinajstić information content (AvgIpc) is 2.80. The molecule has 0 unspecified atom stereocenters. The van der Waals surface area contributed by atoms with Gasteiger partial charge in [-0.15, -0.1) is 11.8 Å². The van der Waals surface area contributed by atoms with Crippen LogP contribution >= 0.6 is 20.1 Å². The van der Waals surface area contributed by atoms with Crippen molar-refractivity contribution >= 4 is 37.5 Å². The molecule has 0 spiro atoms. The van der Waals surface area contributed by atoms with E-state index < -0.39 is 8.38 Å². The Morgan fingerprint density at radius 3 is 2.31 bits per heavy atom. The Labute approximate surface area is 194 Å². The smallest absolute Gasteiger partial charge is 0.278 e. The van der Waals surface area contributed by atoms with Crippen LogP contribution in [0.15, 0.2) is 59.6 Å². The molecule has 1 amide bonds. The van der Waals surface area contributed by atoms with Crippen molar-refractivity contribution in [2.45, 2.75) is 11.8 Å². The van der Waals surface area contributed by atoms with Gasteiger partial charge in [0.05, 0.1) is 17.4 Å². The molecule has 3 aromatic rings. The Hall–Kier alpha value is -2.51. The number of carbonyl (C=O) groups is 1. The molecule has 2 aromatic carbocycles. The summed E-state index contributed by atoms with van der Waals surface area (Å²) in [6.45, 7) is 2.03. The molecule has 0 saturated carbocycles. The fourth-order valence-corrected chi connectivity index (χ4v) is 5.20. The first-order valence-corrected chi connectivity index (χ1v) is 12.3. The first kappa shape index (κ1) is 24.1. The minimum absolute atomic E-state index is 0.275. The molecule has 7 nitrogen and oxygen atoms in total. The molecule has 1 N–H and O–H groups in total. The van der Waals surface area contributed by atoms with Crippen molar-refractivity contribution < 1.29 is 13.8 Å². The Morgan fingerprint density at radius 2 is 1.72 bits per heavy atom. The molecule has 1 aromatic heterocycles. The lowest BCUT2D eigenvalue weighted by molar-refractivity contribution is 0.102. The normalized spacial score (nSPS) is 10.9. The summed E-state index contributed by atoms with van der Waals surface area (Å²) < 4.78 is 10.5. The van der Waals surface area contributed by atoms with E-state index in [1.54, 1.807) is 37.1 Å². The second-order valence-electron chi connectivity index (χ2n) is 7.14. The van der Waals surface area contributed by atoms with Gasteiger partial charge in [-0.2, -0.15) is 0 Å². The van der Waals surface area contributed by atoms with E-state index in [1.807, 2.05) is 69.6 Å². The van der Waals surface area contributed by atoms with Crippen LogP contribution in [0.2, 0.25) is 0 Å². The molecule has 32 heavy (non-hydrogen) atoms. The molecule has 0 radical (unpaired) electrons. The fraction of sp³-hybridized carbons (Fsp3) is 0.261. The van der Waals surface area contributed by atoms with Crippen molar-refractivity contribution in [3.8, 4) is 11.3 Å². The largest absolute Gasteiger partial charge is 0.361 e. The highest BCUT2D eigenvalue weighted by molar-refractivity contribution is 8.04. The van der Waals surface area contributed by atoms with Gasteiger partial charge >= 0.3 is 0 Å². The fourth-order valence-electron chi connectivity index (χ4n) is 2.86.